The van der Waals surface area contributed by atoms with Gasteiger partial charge in [0.1, 0.15) is 0 Å². The van der Waals surface area contributed by atoms with Gasteiger partial charge in [0.15, 0.2) is 0 Å². The Balaban J connectivity index is 2.23. The predicted octanol–water partition coefficient (Wildman–Crippen LogP) is 3.36. The molecule has 0 heterocycles. The van der Waals surface area contributed by atoms with E-state index in [1.165, 1.54) is 32.1 Å². The second kappa shape index (κ2) is 5.23. The van der Waals surface area contributed by atoms with Crippen molar-refractivity contribution in [2.24, 2.45) is 5.92 Å². The molecule has 1 fully saturated rings. The first kappa shape index (κ1) is 9.62. The van der Waals surface area contributed by atoms with Gasteiger partial charge in [-0.3, -0.25) is 0 Å². The lowest BCUT2D eigenvalue weighted by atomic mass is 9.90. The van der Waals surface area contributed by atoms with Crippen molar-refractivity contribution in [3.63, 3.8) is 0 Å². The van der Waals surface area contributed by atoms with E-state index >= 15 is 0 Å². The maximum Gasteiger partial charge on any atom is 0.259 e. The second-order valence-corrected chi connectivity index (χ2v) is 7.66. The van der Waals surface area contributed by atoms with Gasteiger partial charge in [-0.05, 0) is 18.8 Å². The molecule has 0 aromatic rings. The van der Waals surface area contributed by atoms with Crippen LogP contribution in [0.5, 0.6) is 0 Å². The lowest BCUT2D eigenvalue weighted by Crippen LogP contribution is -2.03. The standard InChI is InChI=1S/C8H14Cl2Si/c9-11(10)7-6-8-4-2-1-3-5-8/h6-8,11H,1-5H2. The maximum absolute atomic E-state index is 5.71. The van der Waals surface area contributed by atoms with Crippen LogP contribution in [-0.2, 0) is 0 Å². The Kier molecular flexibility index (Phi) is 4.58. The Hall–Kier alpha value is 0.537. The average Bonchev–Trinajstić information content (AvgIpc) is 2.03. The largest absolute Gasteiger partial charge is 0.259 e. The Morgan fingerprint density at radius 1 is 1.09 bits per heavy atom. The van der Waals surface area contributed by atoms with Crippen molar-refractivity contribution < 1.29 is 0 Å². The van der Waals surface area contributed by atoms with Crippen LogP contribution in [0.25, 0.3) is 0 Å². The molecule has 0 unspecified atom stereocenters. The summed E-state index contributed by atoms with van der Waals surface area (Å²) in [5, 5.41) is 0. The molecule has 0 radical (unpaired) electrons. The minimum Gasteiger partial charge on any atom is -0.145 e. The molecule has 64 valence electrons. The Bertz CT molecular complexity index is 128. The molecule has 1 aliphatic carbocycles. The third-order valence-corrected chi connectivity index (χ3v) is 3.56. The molecule has 0 aromatic carbocycles. The fourth-order valence-corrected chi connectivity index (χ4v) is 2.55. The van der Waals surface area contributed by atoms with Crippen LogP contribution in [0.3, 0.4) is 0 Å². The quantitative estimate of drug-likeness (QED) is 0.483. The SMILES string of the molecule is Cl[SiH](Cl)C=CC1CCCCC1. The molecule has 0 aromatic heterocycles. The molecular weight excluding hydrogens is 195 g/mol. The molecule has 0 atom stereocenters. The summed E-state index contributed by atoms with van der Waals surface area (Å²) in [5.41, 5.74) is 2.03. The summed E-state index contributed by atoms with van der Waals surface area (Å²) in [6, 6.07) is 0. The van der Waals surface area contributed by atoms with Gasteiger partial charge in [0.25, 0.3) is 7.42 Å². The van der Waals surface area contributed by atoms with Gasteiger partial charge >= 0.3 is 0 Å². The van der Waals surface area contributed by atoms with E-state index in [4.69, 9.17) is 22.2 Å². The highest BCUT2D eigenvalue weighted by molar-refractivity contribution is 7.36. The molecule has 0 spiro atoms. The molecule has 0 N–H and O–H groups in total. The third kappa shape index (κ3) is 4.19. The zero-order valence-corrected chi connectivity index (χ0v) is 9.27. The van der Waals surface area contributed by atoms with Crippen LogP contribution in [0.4, 0.5) is 0 Å². The Labute approximate surface area is 79.6 Å². The van der Waals surface area contributed by atoms with E-state index in [0.717, 1.165) is 5.92 Å². The highest BCUT2D eigenvalue weighted by atomic mass is 35.7. The number of allylic oxidation sites excluding steroid dienone is 1. The Morgan fingerprint density at radius 2 is 1.73 bits per heavy atom. The number of halogens is 2. The molecule has 3 heteroatoms. The zero-order valence-electron chi connectivity index (χ0n) is 6.60. The van der Waals surface area contributed by atoms with Gasteiger partial charge in [-0.25, -0.2) is 0 Å². The van der Waals surface area contributed by atoms with Crippen molar-refractivity contribution >= 4 is 29.6 Å². The van der Waals surface area contributed by atoms with E-state index in [2.05, 4.69) is 6.08 Å². The summed E-state index contributed by atoms with van der Waals surface area (Å²) in [6.07, 6.45) is 9.08. The summed E-state index contributed by atoms with van der Waals surface area (Å²) < 4.78 is 0. The topological polar surface area (TPSA) is 0 Å². The van der Waals surface area contributed by atoms with Crippen molar-refractivity contribution in [3.05, 3.63) is 11.8 Å². The van der Waals surface area contributed by atoms with Gasteiger partial charge in [0.2, 0.25) is 0 Å². The first-order chi connectivity index (χ1) is 5.29. The van der Waals surface area contributed by atoms with Gasteiger partial charge in [0, 0.05) is 0 Å². The lowest BCUT2D eigenvalue weighted by Gasteiger charge is -2.17. The molecule has 0 saturated heterocycles. The van der Waals surface area contributed by atoms with Gasteiger partial charge in [-0.2, -0.15) is 0 Å². The van der Waals surface area contributed by atoms with Gasteiger partial charge in [-0.15, -0.1) is 22.2 Å². The van der Waals surface area contributed by atoms with Crippen LogP contribution in [-0.4, -0.2) is 7.42 Å². The van der Waals surface area contributed by atoms with Crippen LogP contribution in [0.15, 0.2) is 11.8 Å². The molecule has 0 aliphatic heterocycles. The highest BCUT2D eigenvalue weighted by Crippen LogP contribution is 2.24. The molecule has 0 bridgehead atoms. The summed E-state index contributed by atoms with van der Waals surface area (Å²) in [5.74, 6) is 0.774. The fourth-order valence-electron chi connectivity index (χ4n) is 1.57. The van der Waals surface area contributed by atoms with Crippen LogP contribution in [0.2, 0.25) is 0 Å². The van der Waals surface area contributed by atoms with Crippen LogP contribution in [0, 0.1) is 5.92 Å². The summed E-state index contributed by atoms with van der Waals surface area (Å²) in [7, 11) is -1.48. The second-order valence-electron chi connectivity index (χ2n) is 3.12. The van der Waals surface area contributed by atoms with E-state index in [9.17, 15) is 0 Å². The van der Waals surface area contributed by atoms with E-state index in [-0.39, 0.29) is 0 Å². The van der Waals surface area contributed by atoms with Crippen molar-refractivity contribution in [1.29, 1.82) is 0 Å². The summed E-state index contributed by atoms with van der Waals surface area (Å²) in [6.45, 7) is 0. The van der Waals surface area contributed by atoms with E-state index < -0.39 is 7.42 Å². The smallest absolute Gasteiger partial charge is 0.145 e. The molecule has 1 aliphatic rings. The number of hydrogen-bond acceptors (Lipinski definition) is 0. The van der Waals surface area contributed by atoms with Crippen LogP contribution >= 0.6 is 22.2 Å². The molecular formula is C8H14Cl2Si. The minimum atomic E-state index is -1.48. The third-order valence-electron chi connectivity index (χ3n) is 2.18. The first-order valence-corrected chi connectivity index (χ1v) is 8.41. The van der Waals surface area contributed by atoms with Crippen molar-refractivity contribution in [2.45, 2.75) is 32.1 Å². The van der Waals surface area contributed by atoms with Crippen molar-refractivity contribution in [3.8, 4) is 0 Å². The molecule has 0 nitrogen and oxygen atoms in total. The van der Waals surface area contributed by atoms with E-state index in [1.54, 1.807) is 0 Å². The summed E-state index contributed by atoms with van der Waals surface area (Å²) in [4.78, 5) is 0. The molecule has 11 heavy (non-hydrogen) atoms. The fraction of sp³-hybridized carbons (Fsp3) is 0.750. The molecule has 1 rings (SSSR count). The maximum atomic E-state index is 5.71. The van der Waals surface area contributed by atoms with Crippen molar-refractivity contribution in [2.75, 3.05) is 0 Å². The first-order valence-electron chi connectivity index (χ1n) is 4.25. The van der Waals surface area contributed by atoms with Crippen LogP contribution < -0.4 is 0 Å². The summed E-state index contributed by atoms with van der Waals surface area (Å²) >= 11 is 11.4. The number of hydrogen-bond donors (Lipinski definition) is 0. The average molecular weight is 209 g/mol. The molecule has 1 saturated carbocycles. The highest BCUT2D eigenvalue weighted by Gasteiger charge is 2.09. The zero-order chi connectivity index (χ0) is 8.10. The van der Waals surface area contributed by atoms with E-state index in [1.807, 2.05) is 5.70 Å². The van der Waals surface area contributed by atoms with Gasteiger partial charge in [-0.1, -0.05) is 31.0 Å². The Morgan fingerprint density at radius 3 is 2.27 bits per heavy atom. The van der Waals surface area contributed by atoms with Crippen molar-refractivity contribution in [1.82, 2.24) is 0 Å². The monoisotopic (exact) mass is 208 g/mol. The predicted molar refractivity (Wildman–Crippen MR) is 54.6 cm³/mol. The lowest BCUT2D eigenvalue weighted by molar-refractivity contribution is 0.419. The normalized spacial score (nSPS) is 21.7. The minimum absolute atomic E-state index is 0.774. The molecule has 0 amide bonds. The van der Waals surface area contributed by atoms with Crippen LogP contribution in [0.1, 0.15) is 32.1 Å². The van der Waals surface area contributed by atoms with E-state index in [0.29, 0.717) is 0 Å². The number of rotatable bonds is 2. The van der Waals surface area contributed by atoms with Gasteiger partial charge < -0.3 is 0 Å². The van der Waals surface area contributed by atoms with Gasteiger partial charge in [0.05, 0.1) is 0 Å².